The maximum Gasteiger partial charge on any atom is 0.0289 e. The molecule has 0 amide bonds. The van der Waals surface area contributed by atoms with Crippen LogP contribution in [0.25, 0.3) is 0 Å². The fourth-order valence-corrected chi connectivity index (χ4v) is 1.43. The molecule has 0 heterocycles. The highest BCUT2D eigenvalue weighted by molar-refractivity contribution is 5.30. The molecule has 1 aromatic rings. The summed E-state index contributed by atoms with van der Waals surface area (Å²) in [6, 6.07) is 7.11. The zero-order valence-corrected chi connectivity index (χ0v) is 8.31. The van der Waals surface area contributed by atoms with E-state index >= 15 is 0 Å². The molecule has 1 aromatic carbocycles. The third kappa shape index (κ3) is 2.08. The van der Waals surface area contributed by atoms with Gasteiger partial charge in [0.25, 0.3) is 0 Å². The van der Waals surface area contributed by atoms with Crippen LogP contribution in [0.4, 0.5) is 0 Å². The van der Waals surface area contributed by atoms with Crippen molar-refractivity contribution in [2.45, 2.75) is 26.8 Å². The van der Waals surface area contributed by atoms with E-state index in [2.05, 4.69) is 44.3 Å². The molecule has 0 saturated heterocycles. The Morgan fingerprint density at radius 3 is 2.00 bits per heavy atom. The summed E-state index contributed by atoms with van der Waals surface area (Å²) < 4.78 is 0. The lowest BCUT2D eigenvalue weighted by molar-refractivity contribution is 0.651. The molecule has 0 radical (unpaired) electrons. The average Bonchev–Trinajstić information content (AvgIpc) is 2.01. The van der Waals surface area contributed by atoms with Crippen LogP contribution < -0.4 is 5.32 Å². The van der Waals surface area contributed by atoms with Gasteiger partial charge in [-0.3, -0.25) is 0 Å². The Bertz CT molecular complexity index is 245. The predicted octanol–water partition coefficient (Wildman–Crippen LogP) is 2.58. The SMILES string of the molecule is CNC(C)c1cc(C)cc(C)c1. The Hall–Kier alpha value is -0.820. The Balaban J connectivity index is 3.00. The summed E-state index contributed by atoms with van der Waals surface area (Å²) in [6.07, 6.45) is 0. The Labute approximate surface area is 74.8 Å². The Morgan fingerprint density at radius 2 is 1.58 bits per heavy atom. The first-order chi connectivity index (χ1) is 5.63. The average molecular weight is 163 g/mol. The molecule has 0 fully saturated rings. The van der Waals surface area contributed by atoms with Crippen molar-refractivity contribution < 1.29 is 0 Å². The monoisotopic (exact) mass is 163 g/mol. The first-order valence-corrected chi connectivity index (χ1v) is 4.39. The van der Waals surface area contributed by atoms with Crippen LogP contribution >= 0.6 is 0 Å². The zero-order valence-electron chi connectivity index (χ0n) is 8.31. The summed E-state index contributed by atoms with van der Waals surface area (Å²) in [7, 11) is 1.99. The molecule has 0 aliphatic carbocycles. The van der Waals surface area contributed by atoms with Crippen LogP contribution in [-0.4, -0.2) is 7.05 Å². The van der Waals surface area contributed by atoms with E-state index in [4.69, 9.17) is 0 Å². The number of aryl methyl sites for hydroxylation is 2. The fourth-order valence-electron chi connectivity index (χ4n) is 1.43. The van der Waals surface area contributed by atoms with Crippen LogP contribution in [-0.2, 0) is 0 Å². The minimum absolute atomic E-state index is 0.448. The van der Waals surface area contributed by atoms with Gasteiger partial charge in [0.1, 0.15) is 0 Å². The van der Waals surface area contributed by atoms with Crippen LogP contribution in [0.3, 0.4) is 0 Å². The minimum atomic E-state index is 0.448. The lowest BCUT2D eigenvalue weighted by Gasteiger charge is -2.12. The summed E-state index contributed by atoms with van der Waals surface area (Å²) in [5.41, 5.74) is 4.05. The number of nitrogens with one attached hydrogen (secondary N) is 1. The van der Waals surface area contributed by atoms with Gasteiger partial charge in [0, 0.05) is 6.04 Å². The van der Waals surface area contributed by atoms with E-state index in [1.165, 1.54) is 16.7 Å². The molecule has 1 nitrogen and oxygen atoms in total. The second-order valence-electron chi connectivity index (χ2n) is 3.43. The van der Waals surface area contributed by atoms with Gasteiger partial charge < -0.3 is 5.32 Å². The van der Waals surface area contributed by atoms with Gasteiger partial charge in [-0.2, -0.15) is 0 Å². The van der Waals surface area contributed by atoms with Crippen molar-refractivity contribution in [1.29, 1.82) is 0 Å². The van der Waals surface area contributed by atoms with Crippen molar-refractivity contribution in [3.63, 3.8) is 0 Å². The zero-order chi connectivity index (χ0) is 9.14. The largest absolute Gasteiger partial charge is 0.313 e. The number of hydrogen-bond acceptors (Lipinski definition) is 1. The molecule has 1 unspecified atom stereocenters. The van der Waals surface area contributed by atoms with Gasteiger partial charge in [-0.25, -0.2) is 0 Å². The van der Waals surface area contributed by atoms with Crippen molar-refractivity contribution in [3.05, 3.63) is 34.9 Å². The summed E-state index contributed by atoms with van der Waals surface area (Å²) in [4.78, 5) is 0. The summed E-state index contributed by atoms with van der Waals surface area (Å²) in [5.74, 6) is 0. The molecule has 0 aliphatic rings. The third-order valence-corrected chi connectivity index (χ3v) is 2.18. The van der Waals surface area contributed by atoms with Crippen LogP contribution in [0.1, 0.15) is 29.7 Å². The summed E-state index contributed by atoms with van der Waals surface area (Å²) in [6.45, 7) is 6.45. The molecule has 1 N–H and O–H groups in total. The van der Waals surface area contributed by atoms with Gasteiger partial charge in [0.2, 0.25) is 0 Å². The van der Waals surface area contributed by atoms with Crippen molar-refractivity contribution in [1.82, 2.24) is 5.32 Å². The summed E-state index contributed by atoms with van der Waals surface area (Å²) in [5, 5.41) is 3.24. The quantitative estimate of drug-likeness (QED) is 0.706. The van der Waals surface area contributed by atoms with Crippen LogP contribution in [0.5, 0.6) is 0 Å². The first kappa shape index (κ1) is 9.27. The van der Waals surface area contributed by atoms with E-state index in [1.54, 1.807) is 0 Å². The van der Waals surface area contributed by atoms with Gasteiger partial charge in [-0.15, -0.1) is 0 Å². The van der Waals surface area contributed by atoms with E-state index in [0.29, 0.717) is 6.04 Å². The van der Waals surface area contributed by atoms with Gasteiger partial charge in [-0.05, 0) is 33.4 Å². The summed E-state index contributed by atoms with van der Waals surface area (Å²) >= 11 is 0. The molecule has 0 spiro atoms. The van der Waals surface area contributed by atoms with Gasteiger partial charge >= 0.3 is 0 Å². The van der Waals surface area contributed by atoms with Gasteiger partial charge in [0.05, 0.1) is 0 Å². The second-order valence-corrected chi connectivity index (χ2v) is 3.43. The number of hydrogen-bond donors (Lipinski definition) is 1. The van der Waals surface area contributed by atoms with Crippen LogP contribution in [0.2, 0.25) is 0 Å². The van der Waals surface area contributed by atoms with Crippen molar-refractivity contribution in [2.75, 3.05) is 7.05 Å². The Morgan fingerprint density at radius 1 is 1.08 bits per heavy atom. The van der Waals surface area contributed by atoms with Crippen molar-refractivity contribution in [2.24, 2.45) is 0 Å². The van der Waals surface area contributed by atoms with E-state index in [-0.39, 0.29) is 0 Å². The third-order valence-electron chi connectivity index (χ3n) is 2.18. The molecule has 0 aromatic heterocycles. The fraction of sp³-hybridized carbons (Fsp3) is 0.455. The normalized spacial score (nSPS) is 13.0. The Kier molecular flexibility index (Phi) is 2.88. The number of rotatable bonds is 2. The van der Waals surface area contributed by atoms with Crippen LogP contribution in [0, 0.1) is 13.8 Å². The topological polar surface area (TPSA) is 12.0 Å². The lowest BCUT2D eigenvalue weighted by atomic mass is 10.0. The minimum Gasteiger partial charge on any atom is -0.313 e. The van der Waals surface area contributed by atoms with Crippen molar-refractivity contribution in [3.8, 4) is 0 Å². The molecule has 0 saturated carbocycles. The maximum atomic E-state index is 3.24. The van der Waals surface area contributed by atoms with Gasteiger partial charge in [-0.1, -0.05) is 29.3 Å². The highest BCUT2D eigenvalue weighted by atomic mass is 14.8. The molecular weight excluding hydrogens is 146 g/mol. The number of benzene rings is 1. The van der Waals surface area contributed by atoms with E-state index in [9.17, 15) is 0 Å². The second kappa shape index (κ2) is 3.72. The molecule has 0 aliphatic heterocycles. The molecule has 0 bridgehead atoms. The van der Waals surface area contributed by atoms with Crippen molar-refractivity contribution >= 4 is 0 Å². The first-order valence-electron chi connectivity index (χ1n) is 4.39. The van der Waals surface area contributed by atoms with Gasteiger partial charge in [0.15, 0.2) is 0 Å². The predicted molar refractivity (Wildman–Crippen MR) is 53.4 cm³/mol. The highest BCUT2D eigenvalue weighted by Crippen LogP contribution is 2.15. The molecule has 66 valence electrons. The highest BCUT2D eigenvalue weighted by Gasteiger charge is 2.02. The molecule has 1 heteroatoms. The molecule has 1 rings (SSSR count). The lowest BCUT2D eigenvalue weighted by Crippen LogP contribution is -2.12. The molecule has 12 heavy (non-hydrogen) atoms. The standard InChI is InChI=1S/C11H17N/c1-8-5-9(2)7-11(6-8)10(3)12-4/h5-7,10,12H,1-4H3. The van der Waals surface area contributed by atoms with Crippen LogP contribution in [0.15, 0.2) is 18.2 Å². The van der Waals surface area contributed by atoms with E-state index < -0.39 is 0 Å². The smallest absolute Gasteiger partial charge is 0.0289 e. The maximum absolute atomic E-state index is 3.24. The van der Waals surface area contributed by atoms with E-state index in [1.807, 2.05) is 7.05 Å². The van der Waals surface area contributed by atoms with E-state index in [0.717, 1.165) is 0 Å². The molecule has 1 atom stereocenters. The molecular formula is C11H17N.